The number of ketones is 2. The first-order valence-corrected chi connectivity index (χ1v) is 14.5. The van der Waals surface area contributed by atoms with E-state index >= 15 is 0 Å². The van der Waals surface area contributed by atoms with Gasteiger partial charge in [0.15, 0.2) is 17.3 Å². The molecule has 0 spiro atoms. The molecule has 38 heavy (non-hydrogen) atoms. The molecule has 200 valence electrons. The van der Waals surface area contributed by atoms with E-state index in [9.17, 15) is 18.0 Å². The summed E-state index contributed by atoms with van der Waals surface area (Å²) < 4.78 is 37.3. The second kappa shape index (κ2) is 9.25. The van der Waals surface area contributed by atoms with E-state index in [2.05, 4.69) is 0 Å². The maximum Gasteiger partial charge on any atom is 0.339 e. The summed E-state index contributed by atoms with van der Waals surface area (Å²) in [5.74, 6) is 0.0214. The van der Waals surface area contributed by atoms with E-state index in [1.165, 1.54) is 24.3 Å². The summed E-state index contributed by atoms with van der Waals surface area (Å²) in [7, 11) is -4.19. The van der Waals surface area contributed by atoms with Crippen LogP contribution in [0.15, 0.2) is 70.0 Å². The van der Waals surface area contributed by atoms with Crippen LogP contribution in [0.2, 0.25) is 10.0 Å². The Labute approximate surface area is 232 Å². The maximum absolute atomic E-state index is 13.5. The highest BCUT2D eigenvalue weighted by Crippen LogP contribution is 2.54. The molecule has 6 nitrogen and oxygen atoms in total. The third kappa shape index (κ3) is 4.92. The normalized spacial score (nSPS) is 21.1. The van der Waals surface area contributed by atoms with E-state index in [-0.39, 0.29) is 43.1 Å². The van der Waals surface area contributed by atoms with Crippen molar-refractivity contribution in [3.8, 4) is 5.75 Å². The van der Waals surface area contributed by atoms with Gasteiger partial charge in [-0.25, -0.2) is 0 Å². The average molecular weight is 576 g/mol. The van der Waals surface area contributed by atoms with E-state index in [4.69, 9.17) is 32.1 Å². The van der Waals surface area contributed by atoms with Gasteiger partial charge in [0.1, 0.15) is 16.4 Å². The minimum Gasteiger partial charge on any atom is -0.465 e. The van der Waals surface area contributed by atoms with Crippen LogP contribution in [0.3, 0.4) is 0 Å². The summed E-state index contributed by atoms with van der Waals surface area (Å²) in [6.45, 7) is 8.06. The molecule has 3 aliphatic rings. The Morgan fingerprint density at radius 2 is 1.29 bits per heavy atom. The summed E-state index contributed by atoms with van der Waals surface area (Å²) in [6, 6.07) is 10.7. The van der Waals surface area contributed by atoms with Gasteiger partial charge in [0.2, 0.25) is 0 Å². The fourth-order valence-electron chi connectivity index (χ4n) is 5.58. The topological polar surface area (TPSA) is 86.7 Å². The quantitative estimate of drug-likeness (QED) is 0.360. The maximum atomic E-state index is 13.5. The Morgan fingerprint density at radius 3 is 1.76 bits per heavy atom. The van der Waals surface area contributed by atoms with Gasteiger partial charge in [-0.05, 0) is 40.7 Å². The number of hydrogen-bond donors (Lipinski definition) is 0. The van der Waals surface area contributed by atoms with Crippen molar-refractivity contribution in [1.82, 2.24) is 0 Å². The standard InChI is InChI=1S/C29H28Cl2O6S/c1-28(2)12-20(32)25-22(14-28)36-23-15-29(3,4)13-21(33)26(23)24(25)16-10-18(30)27(19(31)11-16)37-38(34,35)17-8-6-5-7-9-17/h5-11,24H,12-15H2,1-4H3. The second-order valence-electron chi connectivity index (χ2n) is 11.8. The number of hydrogen-bond acceptors (Lipinski definition) is 6. The van der Waals surface area contributed by atoms with Gasteiger partial charge in [-0.1, -0.05) is 69.1 Å². The van der Waals surface area contributed by atoms with Crippen molar-refractivity contribution in [2.45, 2.75) is 64.2 Å². The largest absolute Gasteiger partial charge is 0.465 e. The molecule has 0 radical (unpaired) electrons. The molecule has 2 aliphatic carbocycles. The van der Waals surface area contributed by atoms with Gasteiger partial charge in [-0.2, -0.15) is 8.42 Å². The average Bonchev–Trinajstić information content (AvgIpc) is 2.79. The highest BCUT2D eigenvalue weighted by Gasteiger charge is 2.48. The Kier molecular flexibility index (Phi) is 6.56. The van der Waals surface area contributed by atoms with Crippen LogP contribution in [0.5, 0.6) is 5.75 Å². The van der Waals surface area contributed by atoms with E-state index < -0.39 is 16.0 Å². The number of carbonyl (C=O) groups is 2. The number of Topliss-reactive ketones (excluding diaryl/α,β-unsaturated/α-hetero) is 2. The Bertz CT molecular complexity index is 1460. The molecule has 0 unspecified atom stereocenters. The van der Waals surface area contributed by atoms with Gasteiger partial charge in [-0.3, -0.25) is 9.59 Å². The van der Waals surface area contributed by atoms with Crippen LogP contribution in [-0.2, 0) is 24.4 Å². The first-order valence-electron chi connectivity index (χ1n) is 12.4. The van der Waals surface area contributed by atoms with Gasteiger partial charge in [0, 0.05) is 42.7 Å². The lowest BCUT2D eigenvalue weighted by Gasteiger charge is -2.42. The van der Waals surface area contributed by atoms with Crippen LogP contribution in [-0.4, -0.2) is 20.0 Å². The second-order valence-corrected chi connectivity index (χ2v) is 14.1. The molecule has 9 heteroatoms. The lowest BCUT2D eigenvalue weighted by molar-refractivity contribution is -0.120. The summed E-state index contributed by atoms with van der Waals surface area (Å²) in [4.78, 5) is 26.9. The molecular weight excluding hydrogens is 547 g/mol. The van der Waals surface area contributed by atoms with Crippen molar-refractivity contribution in [2.75, 3.05) is 0 Å². The summed E-state index contributed by atoms with van der Waals surface area (Å²) in [5, 5.41) is -0.0926. The lowest BCUT2D eigenvalue weighted by atomic mass is 9.65. The molecule has 0 amide bonds. The zero-order chi connectivity index (χ0) is 27.6. The van der Waals surface area contributed by atoms with Crippen molar-refractivity contribution < 1.29 is 26.9 Å². The molecule has 0 aromatic heterocycles. The zero-order valence-corrected chi connectivity index (χ0v) is 23.9. The number of benzene rings is 2. The summed E-state index contributed by atoms with van der Waals surface area (Å²) in [5.41, 5.74) is 0.813. The molecule has 0 atom stereocenters. The molecule has 0 saturated carbocycles. The predicted molar refractivity (Wildman–Crippen MR) is 145 cm³/mol. The van der Waals surface area contributed by atoms with Gasteiger partial charge >= 0.3 is 10.1 Å². The summed E-state index contributed by atoms with van der Waals surface area (Å²) >= 11 is 13.1. The van der Waals surface area contributed by atoms with E-state index in [1.807, 2.05) is 27.7 Å². The lowest BCUT2D eigenvalue weighted by Crippen LogP contribution is -2.37. The van der Waals surface area contributed by atoms with Crippen LogP contribution in [0.1, 0.15) is 64.9 Å². The Hall–Kier alpha value is -2.61. The predicted octanol–water partition coefficient (Wildman–Crippen LogP) is 7.16. The van der Waals surface area contributed by atoms with E-state index in [1.54, 1.807) is 18.2 Å². The Morgan fingerprint density at radius 1 is 0.816 bits per heavy atom. The zero-order valence-electron chi connectivity index (χ0n) is 21.6. The third-order valence-corrected chi connectivity index (χ3v) is 8.96. The van der Waals surface area contributed by atoms with Crippen LogP contribution in [0.25, 0.3) is 0 Å². The first kappa shape index (κ1) is 27.0. The monoisotopic (exact) mass is 574 g/mol. The summed E-state index contributed by atoms with van der Waals surface area (Å²) in [6.07, 6.45) is 1.72. The van der Waals surface area contributed by atoms with Crippen LogP contribution < -0.4 is 4.18 Å². The van der Waals surface area contributed by atoms with Crippen molar-refractivity contribution in [2.24, 2.45) is 10.8 Å². The SMILES string of the molecule is CC1(C)CC(=O)C2=C(C1)OC1=C(C(=O)CC(C)(C)C1)C2c1cc(Cl)c(OS(=O)(=O)c2ccccc2)c(Cl)c1. The van der Waals surface area contributed by atoms with Gasteiger partial charge in [0.05, 0.1) is 10.0 Å². The van der Waals surface area contributed by atoms with Gasteiger partial charge in [0.25, 0.3) is 0 Å². The van der Waals surface area contributed by atoms with Crippen LogP contribution in [0, 0.1) is 10.8 Å². The molecule has 1 aliphatic heterocycles. The first-order chi connectivity index (χ1) is 17.7. The highest BCUT2D eigenvalue weighted by atomic mass is 35.5. The van der Waals surface area contributed by atoms with E-state index in [0.717, 1.165) is 0 Å². The molecule has 2 aromatic carbocycles. The van der Waals surface area contributed by atoms with Gasteiger partial charge < -0.3 is 8.92 Å². The minimum absolute atomic E-state index is 0.0453. The van der Waals surface area contributed by atoms with Crippen molar-refractivity contribution in [1.29, 1.82) is 0 Å². The molecule has 0 fully saturated rings. The van der Waals surface area contributed by atoms with E-state index in [0.29, 0.717) is 53.9 Å². The number of carbonyl (C=O) groups excluding carboxylic acids is 2. The number of ether oxygens (including phenoxy) is 1. The smallest absolute Gasteiger partial charge is 0.339 e. The fourth-order valence-corrected chi connectivity index (χ4v) is 7.24. The molecule has 5 rings (SSSR count). The van der Waals surface area contributed by atoms with Crippen LogP contribution >= 0.6 is 23.2 Å². The number of rotatable bonds is 4. The van der Waals surface area contributed by atoms with Crippen molar-refractivity contribution in [3.05, 3.63) is 80.7 Å². The van der Waals surface area contributed by atoms with Crippen LogP contribution in [0.4, 0.5) is 0 Å². The number of allylic oxidation sites excluding steroid dienone is 4. The minimum atomic E-state index is -4.19. The molecule has 0 N–H and O–H groups in total. The molecule has 0 saturated heterocycles. The number of halogens is 2. The molecule has 0 bridgehead atoms. The molecule has 1 heterocycles. The third-order valence-electron chi connectivity index (χ3n) is 7.16. The van der Waals surface area contributed by atoms with Crippen molar-refractivity contribution in [3.63, 3.8) is 0 Å². The molecule has 2 aromatic rings. The molecular formula is C29H28Cl2O6S. The van der Waals surface area contributed by atoms with Gasteiger partial charge in [-0.15, -0.1) is 0 Å². The Balaban J connectivity index is 1.63. The highest BCUT2D eigenvalue weighted by molar-refractivity contribution is 7.87. The fraction of sp³-hybridized carbons (Fsp3) is 0.379. The van der Waals surface area contributed by atoms with Crippen molar-refractivity contribution >= 4 is 44.9 Å².